The number of anilines is 2. The van der Waals surface area contributed by atoms with E-state index < -0.39 is 12.5 Å². The van der Waals surface area contributed by atoms with Gasteiger partial charge in [-0.15, -0.1) is 6.42 Å². The molecule has 1 aliphatic heterocycles. The predicted octanol–water partition coefficient (Wildman–Crippen LogP) is 3.97. The van der Waals surface area contributed by atoms with Crippen LogP contribution in [0.5, 0.6) is 0 Å². The molecular formula is C25H20F2N6O2. The van der Waals surface area contributed by atoms with Gasteiger partial charge in [-0.3, -0.25) is 14.7 Å². The van der Waals surface area contributed by atoms with Crippen molar-refractivity contribution < 1.29 is 18.3 Å². The van der Waals surface area contributed by atoms with Crippen LogP contribution in [-0.4, -0.2) is 25.7 Å². The molecule has 0 aliphatic carbocycles. The van der Waals surface area contributed by atoms with Crippen molar-refractivity contribution >= 4 is 28.3 Å². The third-order valence-electron chi connectivity index (χ3n) is 5.96. The maximum atomic E-state index is 13.8. The van der Waals surface area contributed by atoms with Crippen LogP contribution in [0, 0.1) is 19.3 Å². The van der Waals surface area contributed by atoms with Gasteiger partial charge in [0.15, 0.2) is 0 Å². The van der Waals surface area contributed by atoms with Crippen molar-refractivity contribution in [1.29, 1.82) is 0 Å². The number of rotatable bonds is 5. The second-order valence-electron chi connectivity index (χ2n) is 8.16. The van der Waals surface area contributed by atoms with Crippen molar-refractivity contribution in [3.05, 3.63) is 76.4 Å². The number of aromatic nitrogens is 4. The monoisotopic (exact) mass is 474 g/mol. The number of nitrogen functional groups attached to an aromatic ring is 1. The number of nitrogens with zero attached hydrogens (tertiary/aromatic N) is 5. The van der Waals surface area contributed by atoms with E-state index in [0.29, 0.717) is 51.6 Å². The molecule has 1 aromatic carbocycles. The van der Waals surface area contributed by atoms with Crippen molar-refractivity contribution in [2.75, 3.05) is 10.6 Å². The van der Waals surface area contributed by atoms with Crippen LogP contribution in [0.4, 0.5) is 20.3 Å². The summed E-state index contributed by atoms with van der Waals surface area (Å²) in [6.45, 7) is -0.299. The van der Waals surface area contributed by atoms with Crippen LogP contribution in [0.3, 0.4) is 0 Å². The highest BCUT2D eigenvalue weighted by Gasteiger charge is 2.26. The number of alkyl halides is 2. The summed E-state index contributed by atoms with van der Waals surface area (Å²) in [5, 5.41) is 4.46. The van der Waals surface area contributed by atoms with Gasteiger partial charge in [-0.2, -0.15) is 13.9 Å². The van der Waals surface area contributed by atoms with Gasteiger partial charge in [-0.1, -0.05) is 5.92 Å². The minimum absolute atomic E-state index is 0.0251. The average molecular weight is 474 g/mol. The highest BCUT2D eigenvalue weighted by Crippen LogP contribution is 2.33. The van der Waals surface area contributed by atoms with E-state index in [4.69, 9.17) is 16.9 Å². The lowest BCUT2D eigenvalue weighted by atomic mass is 9.98. The van der Waals surface area contributed by atoms with Gasteiger partial charge in [0.2, 0.25) is 0 Å². The van der Waals surface area contributed by atoms with E-state index in [0.717, 1.165) is 22.7 Å². The Morgan fingerprint density at radius 1 is 1.29 bits per heavy atom. The van der Waals surface area contributed by atoms with Crippen LogP contribution in [0.15, 0.2) is 42.9 Å². The number of halogens is 2. The van der Waals surface area contributed by atoms with Crippen LogP contribution in [-0.2, 0) is 24.5 Å². The summed E-state index contributed by atoms with van der Waals surface area (Å²) in [7, 11) is 0. The highest BCUT2D eigenvalue weighted by atomic mass is 19.3. The Labute approximate surface area is 199 Å². The Kier molecular flexibility index (Phi) is 5.62. The van der Waals surface area contributed by atoms with Gasteiger partial charge in [0.05, 0.1) is 49.1 Å². The average Bonchev–Trinajstić information content (AvgIpc) is 3.53. The molecule has 176 valence electrons. The first-order chi connectivity index (χ1) is 16.9. The molecule has 0 saturated carbocycles. The Morgan fingerprint density at radius 2 is 2.09 bits per heavy atom. The third-order valence-corrected chi connectivity index (χ3v) is 5.96. The number of carbonyl (C=O) groups is 1. The number of ether oxygens (including phenoxy) is 1. The standard InChI is InChI=1S/C25H20F2N6O2/c1-3-15-4-5-16(29-8-15)10-32(17-9-30-33(11-17)25(26)27)24(34)18-7-19-20-12-35-13-21(20)23(28)31-22(19)6-14(18)2/h1,4-9,11,25H,10,12-13H2,2H3,(H2,28,31). The first-order valence-electron chi connectivity index (χ1n) is 10.7. The second kappa shape index (κ2) is 8.77. The van der Waals surface area contributed by atoms with Gasteiger partial charge in [0, 0.05) is 28.3 Å². The van der Waals surface area contributed by atoms with Crippen molar-refractivity contribution in [1.82, 2.24) is 19.7 Å². The highest BCUT2D eigenvalue weighted by molar-refractivity contribution is 6.09. The summed E-state index contributed by atoms with van der Waals surface area (Å²) in [5.41, 5.74) is 10.8. The van der Waals surface area contributed by atoms with Gasteiger partial charge in [0.1, 0.15) is 5.82 Å². The van der Waals surface area contributed by atoms with E-state index in [1.54, 1.807) is 31.2 Å². The number of hydrogen-bond acceptors (Lipinski definition) is 6. The summed E-state index contributed by atoms with van der Waals surface area (Å²) in [6.07, 6.45) is 9.27. The number of nitrogens with two attached hydrogens (primary N) is 1. The molecule has 8 nitrogen and oxygen atoms in total. The summed E-state index contributed by atoms with van der Waals surface area (Å²) < 4.78 is 32.5. The molecule has 4 heterocycles. The minimum Gasteiger partial charge on any atom is -0.383 e. The SMILES string of the molecule is C#Cc1ccc(CN(C(=O)c2cc3c4c(c(N)nc3cc2C)COC4)c2cnn(C(F)F)c2)nc1. The number of benzene rings is 1. The molecule has 3 aromatic heterocycles. The minimum atomic E-state index is -2.84. The van der Waals surface area contributed by atoms with E-state index in [1.165, 1.54) is 17.3 Å². The van der Waals surface area contributed by atoms with Crippen LogP contribution in [0.1, 0.15) is 44.9 Å². The smallest absolute Gasteiger partial charge is 0.333 e. The van der Waals surface area contributed by atoms with Crippen LogP contribution >= 0.6 is 0 Å². The van der Waals surface area contributed by atoms with Crippen LogP contribution in [0.25, 0.3) is 10.9 Å². The summed E-state index contributed by atoms with van der Waals surface area (Å²) >= 11 is 0. The molecule has 0 radical (unpaired) electrons. The molecule has 0 bridgehead atoms. The lowest BCUT2D eigenvalue weighted by molar-refractivity contribution is 0.0566. The number of terminal acetylenes is 1. The van der Waals surface area contributed by atoms with Crippen LogP contribution < -0.4 is 10.6 Å². The molecule has 0 fully saturated rings. The number of hydrogen-bond donors (Lipinski definition) is 1. The normalized spacial score (nSPS) is 12.7. The fourth-order valence-electron chi connectivity index (χ4n) is 4.12. The maximum absolute atomic E-state index is 13.8. The molecular weight excluding hydrogens is 454 g/mol. The first kappa shape index (κ1) is 22.4. The van der Waals surface area contributed by atoms with Crippen molar-refractivity contribution in [2.24, 2.45) is 0 Å². The molecule has 5 rings (SSSR count). The summed E-state index contributed by atoms with van der Waals surface area (Å²) in [5.74, 6) is 2.50. The molecule has 0 atom stereocenters. The Bertz CT molecular complexity index is 1490. The van der Waals surface area contributed by atoms with E-state index in [2.05, 4.69) is 21.0 Å². The van der Waals surface area contributed by atoms with E-state index >= 15 is 0 Å². The molecule has 1 amide bonds. The van der Waals surface area contributed by atoms with Crippen molar-refractivity contribution in [3.8, 4) is 12.3 Å². The quantitative estimate of drug-likeness (QED) is 0.440. The van der Waals surface area contributed by atoms with Gasteiger partial charge in [0.25, 0.3) is 5.91 Å². The Hall–Kier alpha value is -4.36. The molecule has 1 aliphatic rings. The Morgan fingerprint density at radius 3 is 2.77 bits per heavy atom. The predicted molar refractivity (Wildman–Crippen MR) is 126 cm³/mol. The van der Waals surface area contributed by atoms with Gasteiger partial charge >= 0.3 is 6.55 Å². The fraction of sp³-hybridized carbons (Fsp3) is 0.200. The van der Waals surface area contributed by atoms with Gasteiger partial charge in [-0.05, 0) is 42.3 Å². The number of fused-ring (bicyclic) bond motifs is 3. The lowest BCUT2D eigenvalue weighted by Gasteiger charge is -2.22. The molecule has 0 spiro atoms. The summed E-state index contributed by atoms with van der Waals surface area (Å²) in [6, 6.07) is 6.94. The van der Waals surface area contributed by atoms with Gasteiger partial charge in [-0.25, -0.2) is 9.67 Å². The topological polar surface area (TPSA) is 99.2 Å². The van der Waals surface area contributed by atoms with Crippen LogP contribution in [0.2, 0.25) is 0 Å². The molecule has 4 aromatic rings. The molecule has 10 heteroatoms. The zero-order valence-electron chi connectivity index (χ0n) is 18.7. The Balaban J connectivity index is 1.60. The van der Waals surface area contributed by atoms with E-state index in [-0.39, 0.29) is 12.2 Å². The molecule has 35 heavy (non-hydrogen) atoms. The van der Waals surface area contributed by atoms with Crippen molar-refractivity contribution in [2.45, 2.75) is 33.2 Å². The second-order valence-corrected chi connectivity index (χ2v) is 8.16. The molecule has 0 saturated heterocycles. The van der Waals surface area contributed by atoms with Crippen molar-refractivity contribution in [3.63, 3.8) is 0 Å². The van der Waals surface area contributed by atoms with Gasteiger partial charge < -0.3 is 10.5 Å². The largest absolute Gasteiger partial charge is 0.383 e. The first-order valence-corrected chi connectivity index (χ1v) is 10.7. The number of aryl methyl sites for hydroxylation is 1. The number of amides is 1. The van der Waals surface area contributed by atoms with E-state index in [9.17, 15) is 13.6 Å². The number of pyridine rings is 2. The zero-order chi connectivity index (χ0) is 24.7. The zero-order valence-corrected chi connectivity index (χ0v) is 18.7. The number of carbonyl (C=O) groups excluding carboxylic acids is 1. The lowest BCUT2D eigenvalue weighted by Crippen LogP contribution is -2.31. The fourth-order valence-corrected chi connectivity index (χ4v) is 4.12. The molecule has 0 unspecified atom stereocenters. The third kappa shape index (κ3) is 4.06. The summed E-state index contributed by atoms with van der Waals surface area (Å²) in [4.78, 5) is 24.0. The maximum Gasteiger partial charge on any atom is 0.333 e. The molecule has 2 N–H and O–H groups in total. The van der Waals surface area contributed by atoms with E-state index in [1.807, 2.05) is 0 Å².